The quantitative estimate of drug-likeness (QED) is 0.647. The van der Waals surface area contributed by atoms with Gasteiger partial charge in [-0.15, -0.1) is 0 Å². The topological polar surface area (TPSA) is 76.7 Å². The molecule has 5 nitrogen and oxygen atoms in total. The van der Waals surface area contributed by atoms with Crippen LogP contribution in [0, 0.1) is 24.2 Å². The van der Waals surface area contributed by atoms with Gasteiger partial charge in [0.1, 0.15) is 6.10 Å². The number of furan rings is 1. The molecular formula is C21H28O5. The molecule has 0 radical (unpaired) electrons. The number of aliphatic hydroxyl groups excluding tert-OH is 1. The molecule has 1 fully saturated rings. The molecule has 1 saturated carbocycles. The second-order valence-electron chi connectivity index (χ2n) is 8.13. The molecule has 0 bridgehead atoms. The Morgan fingerprint density at radius 2 is 2.15 bits per heavy atom. The number of carbonyl (C=O) groups excluding carboxylic acids is 2. The summed E-state index contributed by atoms with van der Waals surface area (Å²) in [5, 5.41) is 10.2. The van der Waals surface area contributed by atoms with E-state index in [0.717, 1.165) is 17.6 Å². The zero-order valence-corrected chi connectivity index (χ0v) is 16.2. The van der Waals surface area contributed by atoms with Crippen LogP contribution >= 0.6 is 0 Å². The number of rotatable bonds is 3. The first-order valence-corrected chi connectivity index (χ1v) is 9.38. The van der Waals surface area contributed by atoms with Crippen molar-refractivity contribution in [2.24, 2.45) is 17.3 Å². The summed E-state index contributed by atoms with van der Waals surface area (Å²) >= 11 is 0. The fourth-order valence-electron chi connectivity index (χ4n) is 4.54. The fraction of sp³-hybridized carbons (Fsp3) is 0.619. The molecule has 1 heterocycles. The van der Waals surface area contributed by atoms with Crippen LogP contribution in [0.5, 0.6) is 0 Å². The first-order valence-electron chi connectivity index (χ1n) is 9.38. The van der Waals surface area contributed by atoms with Gasteiger partial charge in [-0.3, -0.25) is 4.79 Å². The molecule has 5 heteroatoms. The zero-order chi connectivity index (χ0) is 19.2. The molecule has 0 unspecified atom stereocenters. The van der Waals surface area contributed by atoms with E-state index < -0.39 is 29.5 Å². The van der Waals surface area contributed by atoms with Crippen molar-refractivity contribution in [3.05, 3.63) is 34.8 Å². The van der Waals surface area contributed by atoms with Crippen LogP contribution in [0.25, 0.3) is 0 Å². The smallest absolute Gasteiger partial charge is 0.331 e. The maximum Gasteiger partial charge on any atom is 0.331 e. The first-order chi connectivity index (χ1) is 12.2. The molecule has 1 N–H and O–H groups in total. The molecule has 1 aromatic rings. The summed E-state index contributed by atoms with van der Waals surface area (Å²) in [5.41, 5.74) is 1.88. The number of hydrogen-bond donors (Lipinski definition) is 1. The summed E-state index contributed by atoms with van der Waals surface area (Å²) in [6.07, 6.45) is 3.72. The molecule has 0 amide bonds. The first kappa shape index (κ1) is 18.9. The molecule has 0 aliphatic heterocycles. The van der Waals surface area contributed by atoms with Crippen LogP contribution in [0.4, 0.5) is 0 Å². The number of aryl methyl sites for hydroxylation is 1. The van der Waals surface area contributed by atoms with Gasteiger partial charge >= 0.3 is 5.97 Å². The number of esters is 1. The van der Waals surface area contributed by atoms with Gasteiger partial charge in [-0.2, -0.15) is 0 Å². The lowest BCUT2D eigenvalue weighted by Gasteiger charge is -2.52. The number of ketones is 1. The fourth-order valence-corrected chi connectivity index (χ4v) is 4.54. The summed E-state index contributed by atoms with van der Waals surface area (Å²) in [5.74, 6) is -0.604. The van der Waals surface area contributed by atoms with Crippen molar-refractivity contribution in [2.75, 3.05) is 0 Å². The minimum Gasteiger partial charge on any atom is -0.461 e. The van der Waals surface area contributed by atoms with Gasteiger partial charge in [0.2, 0.25) is 5.78 Å². The van der Waals surface area contributed by atoms with Crippen LogP contribution < -0.4 is 0 Å². The predicted octanol–water partition coefficient (Wildman–Crippen LogP) is 4.14. The summed E-state index contributed by atoms with van der Waals surface area (Å²) < 4.78 is 11.5. The molecule has 0 saturated heterocycles. The van der Waals surface area contributed by atoms with Gasteiger partial charge in [0.05, 0.1) is 12.4 Å². The molecular weight excluding hydrogens is 332 g/mol. The highest BCUT2D eigenvalue weighted by molar-refractivity contribution is 5.99. The highest BCUT2D eigenvalue weighted by Crippen LogP contribution is 2.59. The van der Waals surface area contributed by atoms with E-state index >= 15 is 0 Å². The van der Waals surface area contributed by atoms with E-state index in [1.54, 1.807) is 6.26 Å². The van der Waals surface area contributed by atoms with Crippen molar-refractivity contribution in [3.63, 3.8) is 0 Å². The monoisotopic (exact) mass is 360 g/mol. The number of allylic oxidation sites excluding steroid dienone is 1. The third-order valence-corrected chi connectivity index (χ3v) is 6.49. The summed E-state index contributed by atoms with van der Waals surface area (Å²) in [6.45, 7) is 9.78. The van der Waals surface area contributed by atoms with Crippen molar-refractivity contribution >= 4 is 11.8 Å². The third kappa shape index (κ3) is 2.82. The Labute approximate surface area is 154 Å². The molecule has 3 rings (SSSR count). The normalized spacial score (nSPS) is 34.2. The Kier molecular flexibility index (Phi) is 4.86. The largest absolute Gasteiger partial charge is 0.461 e. The average Bonchev–Trinajstić information content (AvgIpc) is 2.96. The van der Waals surface area contributed by atoms with Crippen molar-refractivity contribution in [1.29, 1.82) is 0 Å². The van der Waals surface area contributed by atoms with Gasteiger partial charge in [-0.1, -0.05) is 26.3 Å². The van der Waals surface area contributed by atoms with E-state index in [9.17, 15) is 14.7 Å². The van der Waals surface area contributed by atoms with E-state index in [-0.39, 0.29) is 17.5 Å². The average molecular weight is 360 g/mol. The Hall–Kier alpha value is -1.88. The molecule has 2 aliphatic rings. The SMILES string of the molecule is CCC(C)=CC(=O)O[C@@H]1c2c(C)coc2C(=O)[C@@H]2C[C@@H](O)C[C@H](C)[C@@]12C. The van der Waals surface area contributed by atoms with Crippen LogP contribution in [0.1, 0.15) is 74.7 Å². The Morgan fingerprint density at radius 3 is 2.81 bits per heavy atom. The maximum absolute atomic E-state index is 13.1. The number of Topliss-reactive ketones (excluding diaryl/α,β-unsaturated/α-hetero) is 1. The number of hydrogen-bond acceptors (Lipinski definition) is 5. The van der Waals surface area contributed by atoms with Crippen molar-refractivity contribution < 1.29 is 23.8 Å². The van der Waals surface area contributed by atoms with E-state index in [0.29, 0.717) is 18.4 Å². The van der Waals surface area contributed by atoms with E-state index in [4.69, 9.17) is 9.15 Å². The number of fused-ring (bicyclic) bond motifs is 2. The van der Waals surface area contributed by atoms with Crippen molar-refractivity contribution in [1.82, 2.24) is 0 Å². The van der Waals surface area contributed by atoms with E-state index in [1.165, 1.54) is 6.08 Å². The van der Waals surface area contributed by atoms with Gasteiger partial charge < -0.3 is 14.3 Å². The molecule has 1 aromatic heterocycles. The molecule has 0 spiro atoms. The van der Waals surface area contributed by atoms with Gasteiger partial charge in [0.15, 0.2) is 5.76 Å². The van der Waals surface area contributed by atoms with Gasteiger partial charge in [0, 0.05) is 23.0 Å². The zero-order valence-electron chi connectivity index (χ0n) is 16.2. The van der Waals surface area contributed by atoms with Gasteiger partial charge in [-0.25, -0.2) is 4.79 Å². The standard InChI is InChI=1S/C21H28O5/c1-6-11(2)7-16(23)26-20-17-12(3)10-25-19(17)18(24)15-9-14(22)8-13(4)21(15,20)5/h7,10,13-15,20,22H,6,8-9H2,1-5H3/t13-,14-,15-,20+,21+/m0/s1. The summed E-state index contributed by atoms with van der Waals surface area (Å²) in [7, 11) is 0. The molecule has 142 valence electrons. The summed E-state index contributed by atoms with van der Waals surface area (Å²) in [6, 6.07) is 0. The Morgan fingerprint density at radius 1 is 1.46 bits per heavy atom. The predicted molar refractivity (Wildman–Crippen MR) is 96.7 cm³/mol. The molecule has 26 heavy (non-hydrogen) atoms. The molecule has 0 aromatic carbocycles. The van der Waals surface area contributed by atoms with E-state index in [2.05, 4.69) is 0 Å². The van der Waals surface area contributed by atoms with Crippen molar-refractivity contribution in [2.45, 2.75) is 66.1 Å². The molecule has 2 aliphatic carbocycles. The highest BCUT2D eigenvalue weighted by atomic mass is 16.5. The van der Waals surface area contributed by atoms with Gasteiger partial charge in [-0.05, 0) is 44.6 Å². The van der Waals surface area contributed by atoms with Gasteiger partial charge in [0.25, 0.3) is 0 Å². The number of carbonyl (C=O) groups is 2. The van der Waals surface area contributed by atoms with Crippen LogP contribution in [-0.4, -0.2) is 23.0 Å². The summed E-state index contributed by atoms with van der Waals surface area (Å²) in [4.78, 5) is 25.6. The second kappa shape index (κ2) is 6.69. The Balaban J connectivity index is 2.09. The lowest BCUT2D eigenvalue weighted by Crippen LogP contribution is -2.53. The highest BCUT2D eigenvalue weighted by Gasteiger charge is 2.59. The third-order valence-electron chi connectivity index (χ3n) is 6.49. The minimum absolute atomic E-state index is 0.0247. The molecule has 5 atom stereocenters. The van der Waals surface area contributed by atoms with Crippen LogP contribution in [0.2, 0.25) is 0 Å². The lowest BCUT2D eigenvalue weighted by atomic mass is 9.53. The maximum atomic E-state index is 13.1. The lowest BCUT2D eigenvalue weighted by molar-refractivity contribution is -0.163. The Bertz CT molecular complexity index is 758. The second-order valence-corrected chi connectivity index (χ2v) is 8.13. The van der Waals surface area contributed by atoms with Crippen LogP contribution in [-0.2, 0) is 9.53 Å². The minimum atomic E-state index is -0.568. The number of aliphatic hydroxyl groups is 1. The van der Waals surface area contributed by atoms with Crippen LogP contribution in [0.15, 0.2) is 22.3 Å². The van der Waals surface area contributed by atoms with Crippen molar-refractivity contribution in [3.8, 4) is 0 Å². The van der Waals surface area contributed by atoms with Crippen LogP contribution in [0.3, 0.4) is 0 Å². The number of ether oxygens (including phenoxy) is 1. The van der Waals surface area contributed by atoms with E-state index in [1.807, 2.05) is 34.6 Å².